The molecule has 0 aromatic rings. The average Bonchev–Trinajstić information content (AvgIpc) is 2.18. The number of carbonyl (C=O) groups excluding carboxylic acids is 1. The molecule has 15 heavy (non-hydrogen) atoms. The monoisotopic (exact) mass is 212 g/mol. The van der Waals surface area contributed by atoms with Crippen LogP contribution in [0.1, 0.15) is 46.0 Å². The largest absolute Gasteiger partial charge is 0.289 e. The third-order valence-electron chi connectivity index (χ3n) is 3.54. The predicted molar refractivity (Wildman–Crippen MR) is 62.2 cm³/mol. The first kappa shape index (κ1) is 12.5. The highest BCUT2D eigenvalue weighted by Crippen LogP contribution is 2.38. The van der Waals surface area contributed by atoms with Crippen molar-refractivity contribution >= 4 is 5.91 Å². The first-order chi connectivity index (χ1) is 6.94. The third-order valence-corrected chi connectivity index (χ3v) is 3.54. The molecule has 1 saturated carbocycles. The first-order valence-corrected chi connectivity index (χ1v) is 5.93. The van der Waals surface area contributed by atoms with Crippen molar-refractivity contribution in [2.75, 3.05) is 14.1 Å². The van der Waals surface area contributed by atoms with Crippen LogP contribution in [0.15, 0.2) is 0 Å². The highest BCUT2D eigenvalue weighted by Gasteiger charge is 2.37. The van der Waals surface area contributed by atoms with E-state index in [4.69, 9.17) is 0 Å². The Bertz CT molecular complexity index is 218. The molecule has 1 fully saturated rings. The van der Waals surface area contributed by atoms with Crippen molar-refractivity contribution in [3.63, 3.8) is 0 Å². The molecule has 3 nitrogen and oxygen atoms in total. The van der Waals surface area contributed by atoms with E-state index >= 15 is 0 Å². The maximum absolute atomic E-state index is 12.0. The minimum Gasteiger partial charge on any atom is -0.289 e. The smallest absolute Gasteiger partial charge is 0.240 e. The quantitative estimate of drug-likeness (QED) is 0.727. The number of nitrogens with zero attached hydrogens (tertiary/aromatic N) is 1. The zero-order chi connectivity index (χ0) is 11.5. The Morgan fingerprint density at radius 3 is 2.20 bits per heavy atom. The van der Waals surface area contributed by atoms with Crippen molar-refractivity contribution in [2.24, 2.45) is 11.3 Å². The van der Waals surface area contributed by atoms with Crippen LogP contribution in [-0.2, 0) is 4.79 Å². The number of carbonyl (C=O) groups is 1. The Balaban J connectivity index is 2.58. The number of rotatable bonds is 3. The fraction of sp³-hybridized carbons (Fsp3) is 0.917. The molecule has 1 aliphatic rings. The molecule has 0 spiro atoms. The molecule has 0 aliphatic heterocycles. The average molecular weight is 212 g/mol. The Morgan fingerprint density at radius 2 is 1.73 bits per heavy atom. The number of nitrogens with one attached hydrogen (secondary N) is 1. The second kappa shape index (κ2) is 4.97. The second-order valence-corrected chi connectivity index (χ2v) is 5.39. The van der Waals surface area contributed by atoms with Crippen molar-refractivity contribution in [3.05, 3.63) is 0 Å². The van der Waals surface area contributed by atoms with Gasteiger partial charge in [0, 0.05) is 19.5 Å². The number of amides is 1. The normalized spacial score (nSPS) is 19.3. The molecule has 1 N–H and O–H groups in total. The van der Waals surface area contributed by atoms with Crippen LogP contribution in [0.25, 0.3) is 0 Å². The van der Waals surface area contributed by atoms with E-state index in [9.17, 15) is 4.79 Å². The number of hydrogen-bond acceptors (Lipinski definition) is 2. The summed E-state index contributed by atoms with van der Waals surface area (Å²) in [7, 11) is 3.71. The molecule has 0 bridgehead atoms. The summed E-state index contributed by atoms with van der Waals surface area (Å²) in [6.45, 7) is 4.14. The van der Waals surface area contributed by atoms with Crippen LogP contribution in [0.4, 0.5) is 0 Å². The maximum Gasteiger partial charge on any atom is 0.240 e. The van der Waals surface area contributed by atoms with Crippen molar-refractivity contribution in [1.82, 2.24) is 10.4 Å². The van der Waals surface area contributed by atoms with E-state index in [-0.39, 0.29) is 11.3 Å². The van der Waals surface area contributed by atoms with Crippen LogP contribution in [0.5, 0.6) is 0 Å². The maximum atomic E-state index is 12.0. The van der Waals surface area contributed by atoms with E-state index in [1.54, 1.807) is 5.01 Å². The summed E-state index contributed by atoms with van der Waals surface area (Å²) in [4.78, 5) is 12.0. The molecular formula is C12H24N2O. The zero-order valence-electron chi connectivity index (χ0n) is 10.5. The van der Waals surface area contributed by atoms with Gasteiger partial charge in [0.1, 0.15) is 0 Å². The van der Waals surface area contributed by atoms with Crippen molar-refractivity contribution in [2.45, 2.75) is 46.0 Å². The summed E-state index contributed by atoms with van der Waals surface area (Å²) in [5.74, 6) is 0.700. The van der Waals surface area contributed by atoms with Crippen LogP contribution in [-0.4, -0.2) is 25.0 Å². The molecule has 3 heteroatoms. The van der Waals surface area contributed by atoms with Gasteiger partial charge in [0.15, 0.2) is 0 Å². The Hall–Kier alpha value is -0.570. The van der Waals surface area contributed by atoms with Crippen LogP contribution in [0, 0.1) is 11.3 Å². The third kappa shape index (κ3) is 3.20. The molecule has 0 radical (unpaired) electrons. The zero-order valence-corrected chi connectivity index (χ0v) is 10.5. The summed E-state index contributed by atoms with van der Waals surface area (Å²) in [6.07, 6.45) is 6.30. The van der Waals surface area contributed by atoms with Gasteiger partial charge in [0.05, 0.1) is 0 Å². The fourth-order valence-electron chi connectivity index (χ4n) is 2.36. The van der Waals surface area contributed by atoms with Crippen LogP contribution in [0.2, 0.25) is 0 Å². The van der Waals surface area contributed by atoms with Gasteiger partial charge >= 0.3 is 0 Å². The molecular weight excluding hydrogens is 188 g/mol. The second-order valence-electron chi connectivity index (χ2n) is 5.39. The van der Waals surface area contributed by atoms with Gasteiger partial charge in [-0.3, -0.25) is 10.2 Å². The summed E-state index contributed by atoms with van der Waals surface area (Å²) >= 11 is 0. The SMILES string of the molecule is CN(C)NC(=O)C(C)(C)C1CCCCC1. The van der Waals surface area contributed by atoms with Gasteiger partial charge in [-0.15, -0.1) is 0 Å². The molecule has 0 aromatic heterocycles. The van der Waals surface area contributed by atoms with E-state index < -0.39 is 0 Å². The van der Waals surface area contributed by atoms with Crippen LogP contribution < -0.4 is 5.43 Å². The molecule has 1 aliphatic carbocycles. The summed E-state index contributed by atoms with van der Waals surface area (Å²) < 4.78 is 0. The Kier molecular flexibility index (Phi) is 4.14. The van der Waals surface area contributed by atoms with E-state index in [0.29, 0.717) is 5.92 Å². The van der Waals surface area contributed by atoms with Gasteiger partial charge in [-0.1, -0.05) is 33.1 Å². The summed E-state index contributed by atoms with van der Waals surface area (Å²) in [6, 6.07) is 0. The van der Waals surface area contributed by atoms with E-state index in [0.717, 1.165) is 0 Å². The van der Waals surface area contributed by atoms with Crippen LogP contribution >= 0.6 is 0 Å². The standard InChI is InChI=1S/C12H24N2O/c1-12(2,11(15)13-14(3)4)10-8-6-5-7-9-10/h10H,5-9H2,1-4H3,(H,13,15). The minimum atomic E-state index is -0.231. The summed E-state index contributed by atoms with van der Waals surface area (Å²) in [5, 5.41) is 1.73. The lowest BCUT2D eigenvalue weighted by Crippen LogP contribution is -2.47. The van der Waals surface area contributed by atoms with Gasteiger partial charge in [0.2, 0.25) is 5.91 Å². The summed E-state index contributed by atoms with van der Waals surface area (Å²) in [5.41, 5.74) is 2.64. The van der Waals surface area contributed by atoms with E-state index in [1.165, 1.54) is 32.1 Å². The molecule has 88 valence electrons. The molecule has 1 amide bonds. The van der Waals surface area contributed by atoms with Gasteiger partial charge in [0.25, 0.3) is 0 Å². The van der Waals surface area contributed by atoms with Crippen molar-refractivity contribution in [1.29, 1.82) is 0 Å². The molecule has 0 unspecified atom stereocenters. The lowest BCUT2D eigenvalue weighted by atomic mass is 9.70. The topological polar surface area (TPSA) is 32.3 Å². The predicted octanol–water partition coefficient (Wildman–Crippen LogP) is 2.19. The molecule has 0 aromatic carbocycles. The lowest BCUT2D eigenvalue weighted by molar-refractivity contribution is -0.137. The number of hydrogen-bond donors (Lipinski definition) is 1. The Morgan fingerprint density at radius 1 is 1.20 bits per heavy atom. The number of hydrazine groups is 1. The minimum absolute atomic E-state index is 0.152. The van der Waals surface area contributed by atoms with Crippen LogP contribution in [0.3, 0.4) is 0 Å². The molecule has 0 heterocycles. The molecule has 0 atom stereocenters. The van der Waals surface area contributed by atoms with Crippen molar-refractivity contribution < 1.29 is 4.79 Å². The van der Waals surface area contributed by atoms with E-state index in [1.807, 2.05) is 14.1 Å². The van der Waals surface area contributed by atoms with E-state index in [2.05, 4.69) is 19.3 Å². The molecule has 0 saturated heterocycles. The van der Waals surface area contributed by atoms with Gasteiger partial charge in [-0.25, -0.2) is 5.01 Å². The Labute approximate surface area is 93.2 Å². The van der Waals surface area contributed by atoms with Gasteiger partial charge < -0.3 is 0 Å². The van der Waals surface area contributed by atoms with Gasteiger partial charge in [-0.2, -0.15) is 0 Å². The highest BCUT2D eigenvalue weighted by molar-refractivity contribution is 5.81. The lowest BCUT2D eigenvalue weighted by Gasteiger charge is -2.36. The highest BCUT2D eigenvalue weighted by atomic mass is 16.2. The fourth-order valence-corrected chi connectivity index (χ4v) is 2.36. The first-order valence-electron chi connectivity index (χ1n) is 5.93. The van der Waals surface area contributed by atoms with Crippen molar-refractivity contribution in [3.8, 4) is 0 Å². The van der Waals surface area contributed by atoms with Gasteiger partial charge in [-0.05, 0) is 18.8 Å². The molecule has 1 rings (SSSR count).